The van der Waals surface area contributed by atoms with Crippen molar-refractivity contribution in [3.8, 4) is 11.1 Å². The van der Waals surface area contributed by atoms with Gasteiger partial charge in [-0.15, -0.1) is 0 Å². The Balaban J connectivity index is 1.87. The van der Waals surface area contributed by atoms with E-state index in [9.17, 15) is 36.6 Å². The number of benzene rings is 6. The van der Waals surface area contributed by atoms with Crippen molar-refractivity contribution in [2.24, 2.45) is 0 Å². The number of rotatable bonds is 3. The van der Waals surface area contributed by atoms with E-state index >= 15 is 0 Å². The van der Waals surface area contributed by atoms with Crippen molar-refractivity contribution < 1.29 is 36.6 Å². The van der Waals surface area contributed by atoms with Crippen LogP contribution in [0.5, 0.6) is 0 Å². The van der Waals surface area contributed by atoms with E-state index in [0.717, 1.165) is 0 Å². The molecule has 0 aliphatic rings. The fraction of sp³-hybridized carbons (Fsp3) is 0.125. The lowest BCUT2D eigenvalue weighted by atomic mass is 9.81. The van der Waals surface area contributed by atoms with Crippen molar-refractivity contribution in [2.45, 2.75) is 24.6 Å². The molecule has 0 aliphatic heterocycles. The minimum absolute atomic E-state index is 0.175. The van der Waals surface area contributed by atoms with E-state index in [1.165, 1.54) is 24.3 Å². The lowest BCUT2D eigenvalue weighted by Crippen LogP contribution is -2.21. The highest BCUT2D eigenvalue weighted by Crippen LogP contribution is 2.50. The summed E-state index contributed by atoms with van der Waals surface area (Å²) in [4.78, 5) is 0. The standard InChI is InChI=1S/C32H20F6O2/c33-31(34,35)29(39)27-21-13-5-1-9-17(21)25(18-10-2-6-14-22(18)27)26-19-11-3-7-15-23(19)28(30(40)32(36,37)38)24-16-8-4-12-20(24)26/h1-16,29-30,39-40H/t29-,30-/m1/s1. The molecular weight excluding hydrogens is 530 g/mol. The molecule has 0 fully saturated rings. The first-order valence-corrected chi connectivity index (χ1v) is 12.4. The first-order chi connectivity index (χ1) is 19.0. The molecule has 202 valence electrons. The van der Waals surface area contributed by atoms with Gasteiger partial charge in [0.05, 0.1) is 0 Å². The number of hydrogen-bond donors (Lipinski definition) is 2. The summed E-state index contributed by atoms with van der Waals surface area (Å²) in [6.45, 7) is 0. The molecule has 0 unspecified atom stereocenters. The van der Waals surface area contributed by atoms with Crippen molar-refractivity contribution in [1.29, 1.82) is 0 Å². The lowest BCUT2D eigenvalue weighted by Gasteiger charge is -2.25. The van der Waals surface area contributed by atoms with Gasteiger partial charge >= 0.3 is 12.4 Å². The van der Waals surface area contributed by atoms with Crippen molar-refractivity contribution in [3.05, 3.63) is 108 Å². The van der Waals surface area contributed by atoms with Crippen molar-refractivity contribution in [1.82, 2.24) is 0 Å². The van der Waals surface area contributed by atoms with Crippen molar-refractivity contribution in [3.63, 3.8) is 0 Å². The summed E-state index contributed by atoms with van der Waals surface area (Å²) in [5.41, 5.74) is 0.454. The van der Waals surface area contributed by atoms with Gasteiger partial charge in [0.25, 0.3) is 0 Å². The zero-order chi connectivity index (χ0) is 28.4. The van der Waals surface area contributed by atoms with Crippen LogP contribution in [0.2, 0.25) is 0 Å². The predicted octanol–water partition coefficient (Wildman–Crippen LogP) is 9.16. The molecule has 6 rings (SSSR count). The van der Waals surface area contributed by atoms with Gasteiger partial charge in [0.1, 0.15) is 0 Å². The molecule has 6 aromatic carbocycles. The van der Waals surface area contributed by atoms with Gasteiger partial charge in [-0.1, -0.05) is 97.1 Å². The number of hydrogen-bond acceptors (Lipinski definition) is 2. The van der Waals surface area contributed by atoms with Crippen LogP contribution >= 0.6 is 0 Å². The van der Waals surface area contributed by atoms with Crippen LogP contribution in [-0.4, -0.2) is 22.6 Å². The van der Waals surface area contributed by atoms with E-state index in [2.05, 4.69) is 0 Å². The molecular formula is C32H20F6O2. The van der Waals surface area contributed by atoms with E-state index in [4.69, 9.17) is 0 Å². The normalized spacial score (nSPS) is 14.3. The fourth-order valence-electron chi connectivity index (χ4n) is 5.78. The van der Waals surface area contributed by atoms with Crippen molar-refractivity contribution in [2.75, 3.05) is 0 Å². The molecule has 0 amide bonds. The highest BCUT2D eigenvalue weighted by Gasteiger charge is 2.43. The lowest BCUT2D eigenvalue weighted by molar-refractivity contribution is -0.206. The molecule has 0 saturated heterocycles. The fourth-order valence-corrected chi connectivity index (χ4v) is 5.78. The number of halogens is 6. The van der Waals surface area contributed by atoms with Gasteiger partial charge in [0, 0.05) is 11.1 Å². The van der Waals surface area contributed by atoms with Crippen LogP contribution in [0.15, 0.2) is 97.1 Å². The van der Waals surface area contributed by atoms with Crippen LogP contribution in [-0.2, 0) is 0 Å². The Labute approximate surface area is 223 Å². The minimum Gasteiger partial charge on any atom is -0.379 e. The Morgan fingerprint density at radius 2 is 0.575 bits per heavy atom. The summed E-state index contributed by atoms with van der Waals surface area (Å²) in [5, 5.41) is 23.3. The topological polar surface area (TPSA) is 40.5 Å². The van der Waals surface area contributed by atoms with Gasteiger partial charge in [-0.05, 0) is 54.2 Å². The van der Waals surface area contributed by atoms with Crippen LogP contribution in [0.25, 0.3) is 54.2 Å². The van der Waals surface area contributed by atoms with Crippen molar-refractivity contribution >= 4 is 43.1 Å². The van der Waals surface area contributed by atoms with E-state index < -0.39 is 24.6 Å². The summed E-state index contributed by atoms with van der Waals surface area (Å²) in [7, 11) is 0. The summed E-state index contributed by atoms with van der Waals surface area (Å²) in [5.74, 6) is 0. The molecule has 0 saturated carbocycles. The van der Waals surface area contributed by atoms with E-state index in [1.54, 1.807) is 72.8 Å². The van der Waals surface area contributed by atoms with Crippen LogP contribution < -0.4 is 0 Å². The van der Waals surface area contributed by atoms with E-state index in [-0.39, 0.29) is 32.7 Å². The largest absolute Gasteiger partial charge is 0.418 e. The number of alkyl halides is 6. The first-order valence-electron chi connectivity index (χ1n) is 12.4. The molecule has 0 spiro atoms. The second-order valence-corrected chi connectivity index (χ2v) is 9.65. The smallest absolute Gasteiger partial charge is 0.379 e. The van der Waals surface area contributed by atoms with Crippen LogP contribution in [0.4, 0.5) is 26.3 Å². The third-order valence-electron chi connectivity index (χ3n) is 7.36. The number of aliphatic hydroxyl groups excluding tert-OH is 2. The summed E-state index contributed by atoms with van der Waals surface area (Å²) in [6.07, 6.45) is -15.4. The molecule has 2 N–H and O–H groups in total. The monoisotopic (exact) mass is 550 g/mol. The highest BCUT2D eigenvalue weighted by atomic mass is 19.4. The van der Waals surface area contributed by atoms with E-state index in [1.807, 2.05) is 0 Å². The van der Waals surface area contributed by atoms with Crippen LogP contribution in [0.3, 0.4) is 0 Å². The van der Waals surface area contributed by atoms with Gasteiger partial charge in [0.2, 0.25) is 0 Å². The predicted molar refractivity (Wildman–Crippen MR) is 144 cm³/mol. The third kappa shape index (κ3) is 3.98. The summed E-state index contributed by atoms with van der Waals surface area (Å²) >= 11 is 0. The highest BCUT2D eigenvalue weighted by molar-refractivity contribution is 6.25. The molecule has 8 heteroatoms. The molecule has 2 nitrogen and oxygen atoms in total. The average Bonchev–Trinajstić information content (AvgIpc) is 2.93. The number of aliphatic hydroxyl groups is 2. The zero-order valence-electron chi connectivity index (χ0n) is 20.6. The van der Waals surface area contributed by atoms with Gasteiger partial charge in [-0.3, -0.25) is 0 Å². The maximum absolute atomic E-state index is 13.9. The number of fused-ring (bicyclic) bond motifs is 4. The average molecular weight is 550 g/mol. The Morgan fingerprint density at radius 1 is 0.375 bits per heavy atom. The Kier molecular flexibility index (Phi) is 6.01. The Bertz CT molecular complexity index is 1670. The molecule has 0 bridgehead atoms. The summed E-state index contributed by atoms with van der Waals surface area (Å²) in [6, 6.07) is 25.5. The summed E-state index contributed by atoms with van der Waals surface area (Å²) < 4.78 is 83.3. The Morgan fingerprint density at radius 3 is 0.775 bits per heavy atom. The van der Waals surface area contributed by atoms with E-state index in [0.29, 0.717) is 32.7 Å². The SMILES string of the molecule is O[C@H](c1c2ccccc2c(-c2c3ccccc3c([C@@H](O)C(F)(F)F)c3ccccc23)c2ccccc12)C(F)(F)F. The van der Waals surface area contributed by atoms with Crippen LogP contribution in [0.1, 0.15) is 23.3 Å². The Hall–Kier alpha value is -4.14. The maximum Gasteiger partial charge on any atom is 0.418 e. The molecule has 0 heterocycles. The quantitative estimate of drug-likeness (QED) is 0.170. The molecule has 40 heavy (non-hydrogen) atoms. The van der Waals surface area contributed by atoms with Gasteiger partial charge in [0.15, 0.2) is 12.2 Å². The molecule has 0 aromatic heterocycles. The third-order valence-corrected chi connectivity index (χ3v) is 7.36. The second-order valence-electron chi connectivity index (χ2n) is 9.65. The molecule has 0 aliphatic carbocycles. The minimum atomic E-state index is -4.93. The second kappa shape index (κ2) is 9.21. The van der Waals surface area contributed by atoms with Gasteiger partial charge < -0.3 is 10.2 Å². The van der Waals surface area contributed by atoms with Crippen LogP contribution in [0, 0.1) is 0 Å². The molecule has 6 aromatic rings. The molecule has 2 atom stereocenters. The maximum atomic E-state index is 13.9. The van der Waals surface area contributed by atoms with Gasteiger partial charge in [-0.25, -0.2) is 0 Å². The van der Waals surface area contributed by atoms with Gasteiger partial charge in [-0.2, -0.15) is 26.3 Å². The zero-order valence-corrected chi connectivity index (χ0v) is 20.6. The first kappa shape index (κ1) is 26.1. The molecule has 0 radical (unpaired) electrons.